The summed E-state index contributed by atoms with van der Waals surface area (Å²) in [5.74, 6) is 1.02. The van der Waals surface area contributed by atoms with E-state index in [2.05, 4.69) is 5.32 Å². The van der Waals surface area contributed by atoms with E-state index in [1.807, 2.05) is 13.0 Å². The molecule has 1 amide bonds. The topological polar surface area (TPSA) is 47.6 Å². The van der Waals surface area contributed by atoms with E-state index in [4.69, 9.17) is 44.3 Å². The van der Waals surface area contributed by atoms with Crippen molar-refractivity contribution >= 4 is 46.4 Å². The number of carbonyl (C=O) groups is 1. The molecule has 3 aromatic carbocycles. The maximum absolute atomic E-state index is 12.6. The van der Waals surface area contributed by atoms with Crippen LogP contribution in [0.3, 0.4) is 0 Å². The third-order valence-corrected chi connectivity index (χ3v) is 5.41. The molecular formula is C22H18Cl3NO3. The van der Waals surface area contributed by atoms with Crippen LogP contribution in [0.4, 0.5) is 5.69 Å². The molecule has 0 aliphatic rings. The van der Waals surface area contributed by atoms with E-state index in [1.54, 1.807) is 55.6 Å². The van der Waals surface area contributed by atoms with Gasteiger partial charge in [-0.1, -0.05) is 34.8 Å². The Morgan fingerprint density at radius 3 is 2.38 bits per heavy atom. The molecule has 0 aliphatic carbocycles. The Balaban J connectivity index is 1.77. The Bertz CT molecular complexity index is 1050. The molecule has 0 fully saturated rings. The Hall–Kier alpha value is -2.40. The molecule has 0 bridgehead atoms. The number of halogens is 3. The van der Waals surface area contributed by atoms with Crippen molar-refractivity contribution in [2.45, 2.75) is 13.5 Å². The molecule has 3 aromatic rings. The lowest BCUT2D eigenvalue weighted by Crippen LogP contribution is -2.13. The summed E-state index contributed by atoms with van der Waals surface area (Å²) in [6.45, 7) is 2.14. The molecule has 0 unspecified atom stereocenters. The summed E-state index contributed by atoms with van der Waals surface area (Å²) in [7, 11) is 1.57. The van der Waals surface area contributed by atoms with Crippen LogP contribution in [0.25, 0.3) is 0 Å². The SMILES string of the molecule is COc1ccc(C(=O)Nc2ccc(Cl)c(Cl)c2)cc1COc1ccc(Cl)c(C)c1. The van der Waals surface area contributed by atoms with E-state index >= 15 is 0 Å². The van der Waals surface area contributed by atoms with Crippen LogP contribution < -0.4 is 14.8 Å². The molecule has 0 spiro atoms. The molecule has 29 heavy (non-hydrogen) atoms. The van der Waals surface area contributed by atoms with Crippen LogP contribution in [0.15, 0.2) is 54.6 Å². The third-order valence-electron chi connectivity index (χ3n) is 4.24. The number of rotatable bonds is 6. The van der Waals surface area contributed by atoms with Crippen molar-refractivity contribution in [2.75, 3.05) is 12.4 Å². The zero-order valence-corrected chi connectivity index (χ0v) is 18.0. The lowest BCUT2D eigenvalue weighted by atomic mass is 10.1. The minimum atomic E-state index is -0.283. The zero-order chi connectivity index (χ0) is 21.0. The second-order valence-electron chi connectivity index (χ2n) is 6.31. The molecule has 150 valence electrons. The van der Waals surface area contributed by atoms with E-state index in [-0.39, 0.29) is 12.5 Å². The number of amides is 1. The highest BCUT2D eigenvalue weighted by Crippen LogP contribution is 2.27. The first-order valence-electron chi connectivity index (χ1n) is 8.69. The molecule has 0 aromatic heterocycles. The van der Waals surface area contributed by atoms with E-state index in [9.17, 15) is 4.79 Å². The second-order valence-corrected chi connectivity index (χ2v) is 7.53. The molecule has 0 radical (unpaired) electrons. The van der Waals surface area contributed by atoms with Crippen LogP contribution in [0.2, 0.25) is 15.1 Å². The van der Waals surface area contributed by atoms with Gasteiger partial charge in [-0.2, -0.15) is 0 Å². The lowest BCUT2D eigenvalue weighted by Gasteiger charge is -2.13. The van der Waals surface area contributed by atoms with Crippen LogP contribution >= 0.6 is 34.8 Å². The number of aryl methyl sites for hydroxylation is 1. The number of benzene rings is 3. The smallest absolute Gasteiger partial charge is 0.255 e. The number of hydrogen-bond donors (Lipinski definition) is 1. The van der Waals surface area contributed by atoms with Crippen molar-refractivity contribution in [3.63, 3.8) is 0 Å². The number of methoxy groups -OCH3 is 1. The summed E-state index contributed by atoms with van der Waals surface area (Å²) in [4.78, 5) is 12.6. The van der Waals surface area contributed by atoms with Gasteiger partial charge in [0.2, 0.25) is 0 Å². The van der Waals surface area contributed by atoms with Gasteiger partial charge >= 0.3 is 0 Å². The zero-order valence-electron chi connectivity index (χ0n) is 15.8. The molecule has 3 rings (SSSR count). The van der Waals surface area contributed by atoms with Crippen molar-refractivity contribution in [3.8, 4) is 11.5 Å². The van der Waals surface area contributed by atoms with Crippen LogP contribution in [0.1, 0.15) is 21.5 Å². The first kappa shape index (κ1) is 21.3. The molecule has 0 atom stereocenters. The van der Waals surface area contributed by atoms with Gasteiger partial charge in [0, 0.05) is 21.8 Å². The highest BCUT2D eigenvalue weighted by molar-refractivity contribution is 6.42. The monoisotopic (exact) mass is 449 g/mol. The fraction of sp³-hybridized carbons (Fsp3) is 0.136. The van der Waals surface area contributed by atoms with E-state index in [0.717, 1.165) is 11.1 Å². The van der Waals surface area contributed by atoms with Gasteiger partial charge in [-0.3, -0.25) is 4.79 Å². The minimum Gasteiger partial charge on any atom is -0.496 e. The standard InChI is InChI=1S/C22H18Cl3NO3/c1-13-9-17(5-7-18(13)23)29-12-15-10-14(3-8-21(15)28-2)22(27)26-16-4-6-19(24)20(25)11-16/h3-11H,12H2,1-2H3,(H,26,27). The van der Waals surface area contributed by atoms with E-state index in [0.29, 0.717) is 37.8 Å². The van der Waals surface area contributed by atoms with Crippen LogP contribution in [-0.4, -0.2) is 13.0 Å². The molecule has 0 heterocycles. The molecule has 7 heteroatoms. The number of carbonyl (C=O) groups excluding carboxylic acids is 1. The molecule has 0 saturated carbocycles. The number of nitrogens with one attached hydrogen (secondary N) is 1. The summed E-state index contributed by atoms with van der Waals surface area (Å²) < 4.78 is 11.2. The van der Waals surface area contributed by atoms with Gasteiger partial charge in [-0.15, -0.1) is 0 Å². The normalized spacial score (nSPS) is 10.5. The highest BCUT2D eigenvalue weighted by atomic mass is 35.5. The van der Waals surface area contributed by atoms with Crippen molar-refractivity contribution in [2.24, 2.45) is 0 Å². The number of anilines is 1. The summed E-state index contributed by atoms with van der Waals surface area (Å²) in [6, 6.07) is 15.5. The average Bonchev–Trinajstić information content (AvgIpc) is 2.71. The first-order valence-corrected chi connectivity index (χ1v) is 9.83. The average molecular weight is 451 g/mol. The van der Waals surface area contributed by atoms with Crippen LogP contribution in [0.5, 0.6) is 11.5 Å². The van der Waals surface area contributed by atoms with Crippen molar-refractivity contribution in [1.29, 1.82) is 0 Å². The Morgan fingerprint density at radius 1 is 0.931 bits per heavy atom. The Labute approximate surface area is 184 Å². The van der Waals surface area contributed by atoms with Crippen molar-refractivity contribution in [1.82, 2.24) is 0 Å². The van der Waals surface area contributed by atoms with Gasteiger partial charge in [0.15, 0.2) is 0 Å². The lowest BCUT2D eigenvalue weighted by molar-refractivity contribution is 0.102. The van der Waals surface area contributed by atoms with E-state index < -0.39 is 0 Å². The molecule has 1 N–H and O–H groups in total. The maximum atomic E-state index is 12.6. The Morgan fingerprint density at radius 2 is 1.69 bits per heavy atom. The molecular weight excluding hydrogens is 433 g/mol. The number of hydrogen-bond acceptors (Lipinski definition) is 3. The maximum Gasteiger partial charge on any atom is 0.255 e. The van der Waals surface area contributed by atoms with Crippen molar-refractivity contribution in [3.05, 3.63) is 86.4 Å². The van der Waals surface area contributed by atoms with Gasteiger partial charge in [0.25, 0.3) is 5.91 Å². The van der Waals surface area contributed by atoms with Crippen LogP contribution in [-0.2, 0) is 6.61 Å². The predicted molar refractivity (Wildman–Crippen MR) is 118 cm³/mol. The molecule has 0 saturated heterocycles. The Kier molecular flexibility index (Phi) is 6.91. The molecule has 4 nitrogen and oxygen atoms in total. The van der Waals surface area contributed by atoms with Crippen molar-refractivity contribution < 1.29 is 14.3 Å². The second kappa shape index (κ2) is 9.40. The van der Waals surface area contributed by atoms with Gasteiger partial charge in [0.05, 0.1) is 17.2 Å². The number of ether oxygens (including phenoxy) is 2. The largest absolute Gasteiger partial charge is 0.496 e. The van der Waals surface area contributed by atoms with Gasteiger partial charge in [-0.05, 0) is 67.1 Å². The fourth-order valence-corrected chi connectivity index (χ4v) is 3.09. The predicted octanol–water partition coefficient (Wildman–Crippen LogP) is 6.80. The van der Waals surface area contributed by atoms with E-state index in [1.165, 1.54) is 0 Å². The summed E-state index contributed by atoms with van der Waals surface area (Å²) >= 11 is 18.0. The van der Waals surface area contributed by atoms with Gasteiger partial charge < -0.3 is 14.8 Å². The third kappa shape index (κ3) is 5.36. The summed E-state index contributed by atoms with van der Waals surface area (Å²) in [6.07, 6.45) is 0. The quantitative estimate of drug-likeness (QED) is 0.449. The minimum absolute atomic E-state index is 0.234. The summed E-state index contributed by atoms with van der Waals surface area (Å²) in [5, 5.41) is 4.27. The highest BCUT2D eigenvalue weighted by Gasteiger charge is 2.12. The van der Waals surface area contributed by atoms with Gasteiger partial charge in [0.1, 0.15) is 18.1 Å². The molecule has 0 aliphatic heterocycles. The van der Waals surface area contributed by atoms with Gasteiger partial charge in [-0.25, -0.2) is 0 Å². The summed E-state index contributed by atoms with van der Waals surface area (Å²) in [5.41, 5.74) is 2.67. The van der Waals surface area contributed by atoms with Crippen LogP contribution in [0, 0.1) is 6.92 Å². The first-order chi connectivity index (χ1) is 13.9. The fourth-order valence-electron chi connectivity index (χ4n) is 2.68.